The SMILES string of the molecule is O=C(CN1CCN(CC=Cc2ccc(Cl)cc2)CC1)Nc1ccc(F)cc1. The number of carbonyl (C=O) groups excluding carboxylic acids is 1. The second-order valence-corrected chi connectivity index (χ2v) is 7.02. The molecule has 2 aromatic carbocycles. The highest BCUT2D eigenvalue weighted by molar-refractivity contribution is 6.30. The molecule has 1 heterocycles. The summed E-state index contributed by atoms with van der Waals surface area (Å²) >= 11 is 5.89. The monoisotopic (exact) mass is 387 g/mol. The largest absolute Gasteiger partial charge is 0.325 e. The summed E-state index contributed by atoms with van der Waals surface area (Å²) in [6, 6.07) is 13.6. The lowest BCUT2D eigenvalue weighted by molar-refractivity contribution is -0.117. The molecule has 0 spiro atoms. The Morgan fingerprint density at radius 2 is 1.63 bits per heavy atom. The van der Waals surface area contributed by atoms with E-state index in [4.69, 9.17) is 11.6 Å². The minimum atomic E-state index is -0.311. The topological polar surface area (TPSA) is 35.6 Å². The van der Waals surface area contributed by atoms with Crippen molar-refractivity contribution >= 4 is 29.3 Å². The third kappa shape index (κ3) is 6.47. The summed E-state index contributed by atoms with van der Waals surface area (Å²) in [5, 5.41) is 3.54. The summed E-state index contributed by atoms with van der Waals surface area (Å²) in [6.07, 6.45) is 4.25. The van der Waals surface area contributed by atoms with E-state index < -0.39 is 0 Å². The minimum Gasteiger partial charge on any atom is -0.325 e. The van der Waals surface area contributed by atoms with Crippen LogP contribution in [-0.4, -0.2) is 55.0 Å². The van der Waals surface area contributed by atoms with Crippen molar-refractivity contribution in [1.82, 2.24) is 9.80 Å². The van der Waals surface area contributed by atoms with Crippen molar-refractivity contribution in [2.24, 2.45) is 0 Å². The van der Waals surface area contributed by atoms with Gasteiger partial charge in [0.2, 0.25) is 5.91 Å². The molecule has 1 aliphatic rings. The number of carbonyl (C=O) groups is 1. The van der Waals surface area contributed by atoms with Gasteiger partial charge in [-0.25, -0.2) is 4.39 Å². The molecular formula is C21H23ClFN3O. The Morgan fingerprint density at radius 3 is 2.30 bits per heavy atom. The number of hydrogen-bond acceptors (Lipinski definition) is 3. The molecule has 0 atom stereocenters. The van der Waals surface area contributed by atoms with Crippen molar-refractivity contribution in [1.29, 1.82) is 0 Å². The molecule has 142 valence electrons. The van der Waals surface area contributed by atoms with Crippen molar-refractivity contribution < 1.29 is 9.18 Å². The second-order valence-electron chi connectivity index (χ2n) is 6.59. The first kappa shape index (κ1) is 19.5. The Morgan fingerprint density at radius 1 is 1.00 bits per heavy atom. The van der Waals surface area contributed by atoms with Crippen LogP contribution < -0.4 is 5.32 Å². The van der Waals surface area contributed by atoms with Crippen LogP contribution in [0.3, 0.4) is 0 Å². The Balaban J connectivity index is 1.37. The normalized spacial score (nSPS) is 15.9. The number of rotatable bonds is 6. The Bertz CT molecular complexity index is 769. The molecule has 1 N–H and O–H groups in total. The average Bonchev–Trinajstić information content (AvgIpc) is 2.67. The zero-order valence-corrected chi connectivity index (χ0v) is 15.8. The van der Waals surface area contributed by atoms with Crippen LogP contribution in [0.5, 0.6) is 0 Å². The summed E-state index contributed by atoms with van der Waals surface area (Å²) in [5.74, 6) is -0.382. The third-order valence-corrected chi connectivity index (χ3v) is 4.76. The quantitative estimate of drug-likeness (QED) is 0.820. The molecule has 0 aliphatic carbocycles. The first-order valence-electron chi connectivity index (χ1n) is 9.01. The van der Waals surface area contributed by atoms with E-state index in [9.17, 15) is 9.18 Å². The van der Waals surface area contributed by atoms with Gasteiger partial charge in [-0.3, -0.25) is 14.6 Å². The van der Waals surface area contributed by atoms with Gasteiger partial charge in [0.25, 0.3) is 0 Å². The number of nitrogens with zero attached hydrogens (tertiary/aromatic N) is 2. The van der Waals surface area contributed by atoms with Crippen molar-refractivity contribution in [3.63, 3.8) is 0 Å². The van der Waals surface area contributed by atoms with Crippen LogP contribution in [0.25, 0.3) is 6.08 Å². The molecule has 3 rings (SSSR count). The van der Waals surface area contributed by atoms with Gasteiger partial charge in [-0.05, 0) is 42.0 Å². The molecule has 2 aromatic rings. The van der Waals surface area contributed by atoms with E-state index in [0.29, 0.717) is 12.2 Å². The van der Waals surface area contributed by atoms with E-state index in [2.05, 4.69) is 27.3 Å². The van der Waals surface area contributed by atoms with Gasteiger partial charge in [-0.15, -0.1) is 0 Å². The summed E-state index contributed by atoms with van der Waals surface area (Å²) in [6.45, 7) is 4.80. The molecule has 0 bridgehead atoms. The van der Waals surface area contributed by atoms with E-state index in [1.807, 2.05) is 24.3 Å². The Labute approximate surface area is 164 Å². The maximum Gasteiger partial charge on any atom is 0.238 e. The van der Waals surface area contributed by atoms with Gasteiger partial charge in [0, 0.05) is 43.4 Å². The summed E-state index contributed by atoms with van der Waals surface area (Å²) in [4.78, 5) is 16.6. The summed E-state index contributed by atoms with van der Waals surface area (Å²) in [7, 11) is 0. The van der Waals surface area contributed by atoms with E-state index >= 15 is 0 Å². The highest BCUT2D eigenvalue weighted by Gasteiger charge is 2.18. The second kappa shape index (κ2) is 9.65. The number of amides is 1. The molecule has 6 heteroatoms. The number of nitrogens with one attached hydrogen (secondary N) is 1. The molecule has 1 saturated heterocycles. The zero-order chi connectivity index (χ0) is 19.1. The van der Waals surface area contributed by atoms with E-state index in [-0.39, 0.29) is 11.7 Å². The lowest BCUT2D eigenvalue weighted by atomic mass is 10.2. The molecule has 4 nitrogen and oxygen atoms in total. The molecule has 0 saturated carbocycles. The highest BCUT2D eigenvalue weighted by atomic mass is 35.5. The summed E-state index contributed by atoms with van der Waals surface area (Å²) < 4.78 is 12.9. The van der Waals surface area contributed by atoms with E-state index in [1.54, 1.807) is 12.1 Å². The van der Waals surface area contributed by atoms with E-state index in [0.717, 1.165) is 43.3 Å². The molecule has 1 aliphatic heterocycles. The van der Waals surface area contributed by atoms with Crippen molar-refractivity contribution in [3.05, 3.63) is 71.0 Å². The third-order valence-electron chi connectivity index (χ3n) is 4.50. The lowest BCUT2D eigenvalue weighted by Gasteiger charge is -2.33. The molecule has 1 amide bonds. The molecule has 0 aromatic heterocycles. The first-order chi connectivity index (χ1) is 13.1. The number of benzene rings is 2. The molecular weight excluding hydrogens is 365 g/mol. The number of halogens is 2. The van der Waals surface area contributed by atoms with Gasteiger partial charge < -0.3 is 5.32 Å². The van der Waals surface area contributed by atoms with E-state index in [1.165, 1.54) is 12.1 Å². The maximum atomic E-state index is 12.9. The smallest absolute Gasteiger partial charge is 0.238 e. The molecule has 0 unspecified atom stereocenters. The maximum absolute atomic E-state index is 12.9. The average molecular weight is 388 g/mol. The van der Waals surface area contributed by atoms with Gasteiger partial charge in [0.05, 0.1) is 6.54 Å². The zero-order valence-electron chi connectivity index (χ0n) is 15.1. The van der Waals surface area contributed by atoms with Gasteiger partial charge in [-0.2, -0.15) is 0 Å². The number of piperazine rings is 1. The van der Waals surface area contributed by atoms with Crippen LogP contribution in [0.2, 0.25) is 5.02 Å². The fourth-order valence-corrected chi connectivity index (χ4v) is 3.10. The van der Waals surface area contributed by atoms with Gasteiger partial charge in [0.1, 0.15) is 5.82 Å². The molecule has 1 fully saturated rings. The summed E-state index contributed by atoms with van der Waals surface area (Å²) in [5.41, 5.74) is 1.75. The Kier molecular flexibility index (Phi) is 6.98. The van der Waals surface area contributed by atoms with Crippen LogP contribution in [0.1, 0.15) is 5.56 Å². The van der Waals surface area contributed by atoms with Gasteiger partial charge >= 0.3 is 0 Å². The van der Waals surface area contributed by atoms with Gasteiger partial charge in [0.15, 0.2) is 0 Å². The van der Waals surface area contributed by atoms with Crippen molar-refractivity contribution in [2.75, 3.05) is 44.6 Å². The number of anilines is 1. The number of hydrogen-bond donors (Lipinski definition) is 1. The van der Waals surface area contributed by atoms with Crippen LogP contribution in [0.15, 0.2) is 54.6 Å². The minimum absolute atomic E-state index is 0.0716. The highest BCUT2D eigenvalue weighted by Crippen LogP contribution is 2.11. The fourth-order valence-electron chi connectivity index (χ4n) is 2.98. The molecule has 0 radical (unpaired) electrons. The van der Waals surface area contributed by atoms with Crippen molar-refractivity contribution in [2.45, 2.75) is 0 Å². The Hall–Kier alpha value is -2.21. The predicted octanol–water partition coefficient (Wildman–Crippen LogP) is 3.75. The fraction of sp³-hybridized carbons (Fsp3) is 0.286. The van der Waals surface area contributed by atoms with Crippen LogP contribution in [0, 0.1) is 5.82 Å². The van der Waals surface area contributed by atoms with Gasteiger partial charge in [-0.1, -0.05) is 35.9 Å². The van der Waals surface area contributed by atoms with Crippen LogP contribution >= 0.6 is 11.6 Å². The van der Waals surface area contributed by atoms with Crippen molar-refractivity contribution in [3.8, 4) is 0 Å². The lowest BCUT2D eigenvalue weighted by Crippen LogP contribution is -2.48. The van der Waals surface area contributed by atoms with Crippen LogP contribution in [-0.2, 0) is 4.79 Å². The van der Waals surface area contributed by atoms with Crippen LogP contribution in [0.4, 0.5) is 10.1 Å². The first-order valence-corrected chi connectivity index (χ1v) is 9.38. The predicted molar refractivity (Wildman–Crippen MR) is 108 cm³/mol. The standard InChI is InChI=1S/C21H23ClFN3O/c22-18-5-3-17(4-6-18)2-1-11-25-12-14-26(15-13-25)16-21(27)24-20-9-7-19(23)8-10-20/h1-10H,11-16H2,(H,24,27). The molecule has 27 heavy (non-hydrogen) atoms.